The van der Waals surface area contributed by atoms with Crippen molar-refractivity contribution in [2.45, 2.75) is 69.1 Å². The van der Waals surface area contributed by atoms with E-state index < -0.39 is 47.9 Å². The van der Waals surface area contributed by atoms with Crippen LogP contribution in [0.1, 0.15) is 44.1 Å². The van der Waals surface area contributed by atoms with Gasteiger partial charge in [-0.15, -0.1) is 0 Å². The molecule has 0 heterocycles. The van der Waals surface area contributed by atoms with Crippen molar-refractivity contribution < 1.29 is 24.3 Å². The SMILES string of the molecule is CSCCC(NC(=O)C(CCCN=C(N)N)NC(=O)C(N)CCCCN)C(=O)NC(Cc1ccccc1)C(=O)O. The largest absolute Gasteiger partial charge is 0.480 e. The number of nitrogens with zero attached hydrogens (tertiary/aromatic N) is 1. The summed E-state index contributed by atoms with van der Waals surface area (Å²) in [6.45, 7) is 0.721. The number of unbranched alkanes of at least 4 members (excludes halogenated alkanes) is 1. The van der Waals surface area contributed by atoms with Crippen molar-refractivity contribution in [2.75, 3.05) is 25.1 Å². The highest BCUT2D eigenvalue weighted by Crippen LogP contribution is 2.08. The Morgan fingerprint density at radius 2 is 1.48 bits per heavy atom. The van der Waals surface area contributed by atoms with Crippen molar-refractivity contribution in [1.82, 2.24) is 16.0 Å². The molecule has 0 radical (unpaired) electrons. The van der Waals surface area contributed by atoms with Crippen LogP contribution in [0.2, 0.25) is 0 Å². The minimum atomic E-state index is -1.19. The summed E-state index contributed by atoms with van der Waals surface area (Å²) in [5.41, 5.74) is 23.0. The summed E-state index contributed by atoms with van der Waals surface area (Å²) in [5.74, 6) is -2.48. The summed E-state index contributed by atoms with van der Waals surface area (Å²) in [5, 5.41) is 17.6. The van der Waals surface area contributed by atoms with Crippen LogP contribution >= 0.6 is 11.8 Å². The van der Waals surface area contributed by atoms with E-state index in [0.29, 0.717) is 31.6 Å². The van der Waals surface area contributed by atoms with E-state index in [4.69, 9.17) is 22.9 Å². The molecule has 1 aromatic rings. The van der Waals surface area contributed by atoms with Gasteiger partial charge in [0.15, 0.2) is 5.96 Å². The molecule has 0 bridgehead atoms. The van der Waals surface area contributed by atoms with E-state index in [-0.39, 0.29) is 31.8 Å². The molecule has 4 atom stereocenters. The number of benzene rings is 1. The maximum absolute atomic E-state index is 13.3. The zero-order chi connectivity index (χ0) is 29.9. The minimum absolute atomic E-state index is 0.0800. The van der Waals surface area contributed by atoms with Crippen LogP contribution in [0.15, 0.2) is 35.3 Å². The van der Waals surface area contributed by atoms with Crippen molar-refractivity contribution in [2.24, 2.45) is 27.9 Å². The first-order valence-electron chi connectivity index (χ1n) is 13.3. The molecule has 0 fully saturated rings. The van der Waals surface area contributed by atoms with Crippen molar-refractivity contribution in [3.8, 4) is 0 Å². The lowest BCUT2D eigenvalue weighted by Crippen LogP contribution is -2.57. The van der Waals surface area contributed by atoms with Crippen LogP contribution in [0.4, 0.5) is 0 Å². The first-order chi connectivity index (χ1) is 19.1. The van der Waals surface area contributed by atoms with Gasteiger partial charge in [-0.25, -0.2) is 4.79 Å². The Balaban J connectivity index is 2.99. The molecule has 12 N–H and O–H groups in total. The van der Waals surface area contributed by atoms with Gasteiger partial charge in [-0.3, -0.25) is 19.4 Å². The van der Waals surface area contributed by atoms with E-state index in [9.17, 15) is 24.3 Å². The number of hydrogen-bond donors (Lipinski definition) is 8. The number of thioether (sulfide) groups is 1. The Hall–Kier alpha value is -3.36. The van der Waals surface area contributed by atoms with Crippen LogP contribution in [-0.2, 0) is 25.6 Å². The second-order valence-electron chi connectivity index (χ2n) is 9.33. The number of guanidine groups is 1. The van der Waals surface area contributed by atoms with Gasteiger partial charge in [-0.05, 0) is 56.2 Å². The van der Waals surface area contributed by atoms with Gasteiger partial charge in [-0.1, -0.05) is 36.8 Å². The summed E-state index contributed by atoms with van der Waals surface area (Å²) < 4.78 is 0. The number of carbonyl (C=O) groups excluding carboxylic acids is 3. The molecule has 4 unspecified atom stereocenters. The van der Waals surface area contributed by atoms with Gasteiger partial charge in [0, 0.05) is 13.0 Å². The fraction of sp³-hybridized carbons (Fsp3) is 0.577. The number of hydrogen-bond acceptors (Lipinski definition) is 8. The third kappa shape index (κ3) is 14.1. The molecule has 0 spiro atoms. The van der Waals surface area contributed by atoms with Crippen LogP contribution in [-0.4, -0.2) is 84.0 Å². The molecule has 0 aliphatic heterocycles. The Labute approximate surface area is 239 Å². The molecule has 224 valence electrons. The molecule has 13 nitrogen and oxygen atoms in total. The highest BCUT2D eigenvalue weighted by atomic mass is 32.2. The van der Waals surface area contributed by atoms with Gasteiger partial charge in [0.05, 0.1) is 6.04 Å². The second kappa shape index (κ2) is 19.7. The highest BCUT2D eigenvalue weighted by molar-refractivity contribution is 7.98. The average molecular weight is 581 g/mol. The summed E-state index contributed by atoms with van der Waals surface area (Å²) in [7, 11) is 0. The third-order valence-corrected chi connectivity index (χ3v) is 6.67. The van der Waals surface area contributed by atoms with Crippen LogP contribution in [0.25, 0.3) is 0 Å². The van der Waals surface area contributed by atoms with Gasteiger partial charge in [-0.2, -0.15) is 11.8 Å². The minimum Gasteiger partial charge on any atom is -0.480 e. The number of nitrogens with one attached hydrogen (secondary N) is 3. The standard InChI is InChI=1S/C26H44N8O5S/c1-40-15-12-20(24(37)34-21(25(38)39)16-17-8-3-2-4-9-17)33-23(36)19(11-7-14-31-26(29)30)32-22(35)18(28)10-5-6-13-27/h2-4,8-9,18-21H,5-7,10-16,27-28H2,1H3,(H,32,35)(H,33,36)(H,34,37)(H,38,39)(H4,29,30,31). The normalized spacial score (nSPS) is 13.8. The maximum Gasteiger partial charge on any atom is 0.326 e. The number of aliphatic carboxylic acids is 1. The van der Waals surface area contributed by atoms with Crippen molar-refractivity contribution in [3.63, 3.8) is 0 Å². The van der Waals surface area contributed by atoms with E-state index in [2.05, 4.69) is 20.9 Å². The maximum atomic E-state index is 13.3. The highest BCUT2D eigenvalue weighted by Gasteiger charge is 2.30. The Morgan fingerprint density at radius 1 is 0.875 bits per heavy atom. The molecular weight excluding hydrogens is 536 g/mol. The Morgan fingerprint density at radius 3 is 2.05 bits per heavy atom. The molecule has 14 heteroatoms. The molecule has 40 heavy (non-hydrogen) atoms. The quantitative estimate of drug-likeness (QED) is 0.0533. The van der Waals surface area contributed by atoms with Gasteiger partial charge in [0.25, 0.3) is 0 Å². The molecule has 0 saturated carbocycles. The van der Waals surface area contributed by atoms with Crippen molar-refractivity contribution in [1.29, 1.82) is 0 Å². The summed E-state index contributed by atoms with van der Waals surface area (Å²) in [6, 6.07) is 4.86. The first-order valence-corrected chi connectivity index (χ1v) is 14.7. The lowest BCUT2D eigenvalue weighted by atomic mass is 10.0. The van der Waals surface area contributed by atoms with Crippen LogP contribution in [0.5, 0.6) is 0 Å². The third-order valence-electron chi connectivity index (χ3n) is 6.03. The predicted octanol–water partition coefficient (Wildman–Crippen LogP) is -0.969. The average Bonchev–Trinajstić information content (AvgIpc) is 2.92. The Bertz CT molecular complexity index is 962. The fourth-order valence-corrected chi connectivity index (χ4v) is 4.26. The van der Waals surface area contributed by atoms with Gasteiger partial charge in [0.1, 0.15) is 18.1 Å². The van der Waals surface area contributed by atoms with Gasteiger partial charge in [0.2, 0.25) is 17.7 Å². The molecule has 0 saturated heterocycles. The Kier molecular flexibility index (Phi) is 17.0. The second-order valence-corrected chi connectivity index (χ2v) is 10.3. The van der Waals surface area contributed by atoms with E-state index in [1.165, 1.54) is 11.8 Å². The lowest BCUT2D eigenvalue weighted by molar-refractivity contribution is -0.142. The monoisotopic (exact) mass is 580 g/mol. The molecular formula is C26H44N8O5S. The molecule has 1 aromatic carbocycles. The van der Waals surface area contributed by atoms with Crippen LogP contribution < -0.4 is 38.9 Å². The lowest BCUT2D eigenvalue weighted by Gasteiger charge is -2.25. The van der Waals surface area contributed by atoms with Crippen molar-refractivity contribution >= 4 is 41.4 Å². The summed E-state index contributed by atoms with van der Waals surface area (Å²) in [6.07, 6.45) is 4.53. The van der Waals surface area contributed by atoms with E-state index in [1.54, 1.807) is 24.3 Å². The van der Waals surface area contributed by atoms with Crippen LogP contribution in [0, 0.1) is 0 Å². The zero-order valence-electron chi connectivity index (χ0n) is 23.0. The number of carboxylic acids is 1. The topological polar surface area (TPSA) is 241 Å². The smallest absolute Gasteiger partial charge is 0.326 e. The number of rotatable bonds is 20. The number of carbonyl (C=O) groups is 4. The first kappa shape index (κ1) is 34.7. The molecule has 3 amide bonds. The zero-order valence-corrected chi connectivity index (χ0v) is 23.8. The number of amides is 3. The van der Waals surface area contributed by atoms with Gasteiger partial charge >= 0.3 is 5.97 Å². The molecule has 0 aliphatic rings. The summed E-state index contributed by atoms with van der Waals surface area (Å²) in [4.78, 5) is 55.0. The van der Waals surface area contributed by atoms with E-state index >= 15 is 0 Å². The fourth-order valence-electron chi connectivity index (χ4n) is 3.79. The number of aliphatic imine (C=N–C) groups is 1. The predicted molar refractivity (Wildman–Crippen MR) is 157 cm³/mol. The summed E-state index contributed by atoms with van der Waals surface area (Å²) >= 11 is 1.47. The number of carboxylic acid groups (broad SMARTS) is 1. The van der Waals surface area contributed by atoms with Crippen LogP contribution in [0.3, 0.4) is 0 Å². The number of nitrogens with two attached hydrogens (primary N) is 4. The van der Waals surface area contributed by atoms with E-state index in [0.717, 1.165) is 12.0 Å². The molecule has 0 aliphatic carbocycles. The molecule has 0 aromatic heterocycles. The molecule has 1 rings (SSSR count). The van der Waals surface area contributed by atoms with Crippen molar-refractivity contribution in [3.05, 3.63) is 35.9 Å². The van der Waals surface area contributed by atoms with Gasteiger partial charge < -0.3 is 44.0 Å². The van der Waals surface area contributed by atoms with E-state index in [1.807, 2.05) is 12.3 Å².